The summed E-state index contributed by atoms with van der Waals surface area (Å²) in [4.78, 5) is 21.3. The van der Waals surface area contributed by atoms with Crippen molar-refractivity contribution < 1.29 is 24.5 Å². The molecule has 0 aromatic carbocycles. The van der Waals surface area contributed by atoms with Crippen molar-refractivity contribution in [3.05, 3.63) is 24.5 Å². The highest BCUT2D eigenvalue weighted by Gasteiger charge is 2.10. The molecule has 5 nitrogen and oxygen atoms in total. The lowest BCUT2D eigenvalue weighted by Gasteiger charge is -2.04. The Bertz CT molecular complexity index is 278. The fraction of sp³-hybridized carbons (Fsp3) is 0.400. The van der Waals surface area contributed by atoms with E-state index in [0.717, 1.165) is 12.3 Å². The normalized spacial score (nSPS) is 13.1. The minimum absolute atomic E-state index is 0.0638. The number of carboxylic acids is 1. The van der Waals surface area contributed by atoms with Gasteiger partial charge in [0.25, 0.3) is 0 Å². The molecule has 0 aliphatic rings. The summed E-state index contributed by atoms with van der Waals surface area (Å²) in [7, 11) is 0. The molecule has 0 heterocycles. The molecule has 0 aliphatic heterocycles. The third kappa shape index (κ3) is 6.45. The summed E-state index contributed by atoms with van der Waals surface area (Å²) >= 11 is 0. The molecule has 15 heavy (non-hydrogen) atoms. The summed E-state index contributed by atoms with van der Waals surface area (Å²) in [5.74, 6) is -1.89. The number of carboxylic acid groups (broad SMARTS) is 1. The van der Waals surface area contributed by atoms with Crippen LogP contribution in [0.3, 0.4) is 0 Å². The largest absolute Gasteiger partial charge is 0.478 e. The molecule has 0 aromatic heterocycles. The average Bonchev–Trinajstić information content (AvgIpc) is 2.16. The summed E-state index contributed by atoms with van der Waals surface area (Å²) in [5.41, 5.74) is -0.0638. The Morgan fingerprint density at radius 1 is 1.53 bits per heavy atom. The zero-order chi connectivity index (χ0) is 11.8. The van der Waals surface area contributed by atoms with E-state index in [1.807, 2.05) is 0 Å². The quantitative estimate of drug-likeness (QED) is 0.389. The molecule has 0 aliphatic carbocycles. The van der Waals surface area contributed by atoms with Crippen LogP contribution in [0, 0.1) is 0 Å². The molecule has 0 amide bonds. The van der Waals surface area contributed by atoms with Gasteiger partial charge in [-0.3, -0.25) is 0 Å². The first-order valence-electron chi connectivity index (χ1n) is 4.40. The van der Waals surface area contributed by atoms with Gasteiger partial charge in [-0.1, -0.05) is 6.58 Å². The number of aliphatic carboxylic acids is 1. The molecular weight excluding hydrogens is 200 g/mol. The molecule has 84 valence electrons. The smallest absolute Gasteiger partial charge is 0.334 e. The maximum atomic E-state index is 10.6. The summed E-state index contributed by atoms with van der Waals surface area (Å²) in [5, 5.41) is 17.7. The van der Waals surface area contributed by atoms with Gasteiger partial charge in [0.15, 0.2) is 0 Å². The molecular formula is C10H14O5. The summed E-state index contributed by atoms with van der Waals surface area (Å²) in [6, 6.07) is 0. The summed E-state index contributed by atoms with van der Waals surface area (Å²) in [6.45, 7) is 4.72. The maximum Gasteiger partial charge on any atom is 0.334 e. The minimum atomic E-state index is -1.17. The van der Waals surface area contributed by atoms with Crippen molar-refractivity contribution >= 4 is 11.9 Å². The lowest BCUT2D eigenvalue weighted by atomic mass is 10.1. The van der Waals surface area contributed by atoms with Gasteiger partial charge in [0.05, 0.1) is 11.7 Å². The number of ether oxygens (including phenoxy) is 1. The zero-order valence-corrected chi connectivity index (χ0v) is 8.47. The Morgan fingerprint density at radius 2 is 2.13 bits per heavy atom. The van der Waals surface area contributed by atoms with Gasteiger partial charge in [0.2, 0.25) is 0 Å². The van der Waals surface area contributed by atoms with Crippen LogP contribution in [-0.4, -0.2) is 28.3 Å². The average molecular weight is 214 g/mol. The SMILES string of the molecule is C=CC(=O)OC=C(CCC(C)O)C(=O)O. The third-order valence-electron chi connectivity index (χ3n) is 1.59. The highest BCUT2D eigenvalue weighted by atomic mass is 16.5. The molecule has 0 saturated heterocycles. The van der Waals surface area contributed by atoms with E-state index in [2.05, 4.69) is 11.3 Å². The second-order valence-electron chi connectivity index (χ2n) is 2.98. The van der Waals surface area contributed by atoms with Gasteiger partial charge in [-0.05, 0) is 19.8 Å². The van der Waals surface area contributed by atoms with Crippen LogP contribution in [0.25, 0.3) is 0 Å². The molecule has 0 spiro atoms. The van der Waals surface area contributed by atoms with E-state index in [9.17, 15) is 9.59 Å². The van der Waals surface area contributed by atoms with Gasteiger partial charge in [-0.2, -0.15) is 0 Å². The van der Waals surface area contributed by atoms with Crippen molar-refractivity contribution in [1.29, 1.82) is 0 Å². The van der Waals surface area contributed by atoms with Crippen LogP contribution in [-0.2, 0) is 14.3 Å². The van der Waals surface area contributed by atoms with E-state index in [4.69, 9.17) is 10.2 Å². The highest BCUT2D eigenvalue weighted by molar-refractivity contribution is 5.87. The number of hydrogen-bond donors (Lipinski definition) is 2. The van der Waals surface area contributed by atoms with E-state index in [-0.39, 0.29) is 12.0 Å². The Balaban J connectivity index is 4.32. The second-order valence-corrected chi connectivity index (χ2v) is 2.98. The lowest BCUT2D eigenvalue weighted by molar-refractivity contribution is -0.133. The van der Waals surface area contributed by atoms with Crippen LogP contribution in [0.1, 0.15) is 19.8 Å². The standard InChI is InChI=1S/C10H14O5/c1-3-9(12)15-6-8(10(13)14)5-4-7(2)11/h3,6-7,11H,1,4-5H2,2H3,(H,13,14). The Morgan fingerprint density at radius 3 is 2.53 bits per heavy atom. The first-order chi connectivity index (χ1) is 6.97. The Hall–Kier alpha value is -1.62. The number of carbonyl (C=O) groups excluding carboxylic acids is 1. The fourth-order valence-electron chi connectivity index (χ4n) is 0.758. The van der Waals surface area contributed by atoms with Crippen molar-refractivity contribution in [2.24, 2.45) is 0 Å². The predicted octanol–water partition coefficient (Wildman–Crippen LogP) is 0.845. The van der Waals surface area contributed by atoms with Crippen molar-refractivity contribution in [1.82, 2.24) is 0 Å². The van der Waals surface area contributed by atoms with Gasteiger partial charge >= 0.3 is 11.9 Å². The molecule has 2 N–H and O–H groups in total. The van der Waals surface area contributed by atoms with Crippen LogP contribution in [0.15, 0.2) is 24.5 Å². The van der Waals surface area contributed by atoms with Crippen LogP contribution < -0.4 is 0 Å². The maximum absolute atomic E-state index is 10.6. The molecule has 0 rings (SSSR count). The molecule has 0 fully saturated rings. The van der Waals surface area contributed by atoms with Gasteiger partial charge in [0, 0.05) is 6.08 Å². The number of aliphatic hydroxyl groups excluding tert-OH is 1. The Labute approximate surface area is 87.7 Å². The van der Waals surface area contributed by atoms with Crippen LogP contribution in [0.2, 0.25) is 0 Å². The predicted molar refractivity (Wildman–Crippen MR) is 52.9 cm³/mol. The topological polar surface area (TPSA) is 83.8 Å². The number of aliphatic hydroxyl groups is 1. The molecule has 1 unspecified atom stereocenters. The van der Waals surface area contributed by atoms with E-state index >= 15 is 0 Å². The van der Waals surface area contributed by atoms with Crippen molar-refractivity contribution in [2.45, 2.75) is 25.9 Å². The number of carbonyl (C=O) groups is 2. The minimum Gasteiger partial charge on any atom is -0.478 e. The van der Waals surface area contributed by atoms with Crippen LogP contribution in [0.5, 0.6) is 0 Å². The van der Waals surface area contributed by atoms with Gasteiger partial charge in [0.1, 0.15) is 6.26 Å². The van der Waals surface area contributed by atoms with Crippen molar-refractivity contribution in [3.8, 4) is 0 Å². The molecule has 5 heteroatoms. The molecule has 1 atom stereocenters. The van der Waals surface area contributed by atoms with Gasteiger partial charge < -0.3 is 14.9 Å². The highest BCUT2D eigenvalue weighted by Crippen LogP contribution is 2.08. The van der Waals surface area contributed by atoms with Crippen molar-refractivity contribution in [3.63, 3.8) is 0 Å². The monoisotopic (exact) mass is 214 g/mol. The van der Waals surface area contributed by atoms with E-state index < -0.39 is 18.0 Å². The fourth-order valence-corrected chi connectivity index (χ4v) is 0.758. The van der Waals surface area contributed by atoms with Gasteiger partial charge in [-0.25, -0.2) is 9.59 Å². The molecule has 0 aromatic rings. The number of rotatable bonds is 6. The first kappa shape index (κ1) is 13.4. The van der Waals surface area contributed by atoms with E-state index in [0.29, 0.717) is 6.42 Å². The molecule has 0 saturated carbocycles. The summed E-state index contributed by atoms with van der Waals surface area (Å²) < 4.78 is 4.47. The van der Waals surface area contributed by atoms with E-state index in [1.54, 1.807) is 6.92 Å². The molecule has 0 radical (unpaired) electrons. The Kier molecular flexibility index (Phi) is 6.05. The van der Waals surface area contributed by atoms with Gasteiger partial charge in [-0.15, -0.1) is 0 Å². The van der Waals surface area contributed by atoms with Crippen LogP contribution >= 0.6 is 0 Å². The van der Waals surface area contributed by atoms with Crippen LogP contribution in [0.4, 0.5) is 0 Å². The van der Waals surface area contributed by atoms with Crippen molar-refractivity contribution in [2.75, 3.05) is 0 Å². The van der Waals surface area contributed by atoms with E-state index in [1.165, 1.54) is 0 Å². The lowest BCUT2D eigenvalue weighted by Crippen LogP contribution is -2.07. The first-order valence-corrected chi connectivity index (χ1v) is 4.40. The second kappa shape index (κ2) is 6.78. The molecule has 0 bridgehead atoms. The number of hydrogen-bond acceptors (Lipinski definition) is 4. The number of esters is 1. The third-order valence-corrected chi connectivity index (χ3v) is 1.59. The summed E-state index contributed by atoms with van der Waals surface area (Å²) in [6.07, 6.45) is 1.64. The zero-order valence-electron chi connectivity index (χ0n) is 8.47.